The molecule has 1 amide bonds. The highest BCUT2D eigenvalue weighted by Crippen LogP contribution is 2.29. The summed E-state index contributed by atoms with van der Waals surface area (Å²) in [6.07, 6.45) is -5.97. The molecule has 0 unspecified atom stereocenters. The van der Waals surface area contributed by atoms with Crippen LogP contribution in [0.1, 0.15) is 31.4 Å². The minimum Gasteiger partial charge on any atom is -0.451 e. The zero-order chi connectivity index (χ0) is 21.7. The third kappa shape index (κ3) is 7.46. The van der Waals surface area contributed by atoms with Gasteiger partial charge >= 0.3 is 12.1 Å². The minimum absolute atomic E-state index is 0.101. The molecule has 1 aromatic carbocycles. The highest BCUT2D eigenvalue weighted by molar-refractivity contribution is 5.85. The summed E-state index contributed by atoms with van der Waals surface area (Å²) in [5.41, 5.74) is -2.06. The highest BCUT2D eigenvalue weighted by Gasteiger charge is 2.33. The number of halogens is 4. The Balaban J connectivity index is 2.98. The molecule has 1 N–H and O–H groups in total. The maximum absolute atomic E-state index is 13.9. The van der Waals surface area contributed by atoms with Crippen molar-refractivity contribution in [1.82, 2.24) is 10.2 Å². The van der Waals surface area contributed by atoms with Crippen LogP contribution in [0.5, 0.6) is 0 Å². The molecule has 0 heterocycles. The van der Waals surface area contributed by atoms with Gasteiger partial charge in [-0.05, 0) is 38.6 Å². The van der Waals surface area contributed by atoms with E-state index in [4.69, 9.17) is 4.74 Å². The van der Waals surface area contributed by atoms with Crippen LogP contribution >= 0.6 is 0 Å². The van der Waals surface area contributed by atoms with Crippen LogP contribution in [0.15, 0.2) is 24.3 Å². The van der Waals surface area contributed by atoms with Crippen molar-refractivity contribution in [3.8, 4) is 0 Å². The zero-order valence-corrected chi connectivity index (χ0v) is 16.6. The van der Waals surface area contributed by atoms with Crippen molar-refractivity contribution in [3.05, 3.63) is 35.4 Å². The van der Waals surface area contributed by atoms with Crippen LogP contribution in [0.3, 0.4) is 0 Å². The number of likely N-dealkylation sites (N-methyl/N-ethyl adjacent to an activating group) is 2. The van der Waals surface area contributed by atoms with Crippen LogP contribution in [0, 0.1) is 0 Å². The predicted octanol–water partition coefficient (Wildman–Crippen LogP) is 2.97. The van der Waals surface area contributed by atoms with Gasteiger partial charge in [-0.15, -0.1) is 0 Å². The molecule has 0 aliphatic carbocycles. The first-order chi connectivity index (χ1) is 12.7. The van der Waals surface area contributed by atoms with Crippen LogP contribution in [0.4, 0.5) is 17.6 Å². The van der Waals surface area contributed by atoms with Crippen molar-refractivity contribution in [3.63, 3.8) is 0 Å². The normalized spacial score (nSPS) is 14.3. The number of hydrogen-bond donors (Lipinski definition) is 1. The number of esters is 1. The minimum atomic E-state index is -4.47. The van der Waals surface area contributed by atoms with Crippen molar-refractivity contribution in [2.45, 2.75) is 50.7 Å². The van der Waals surface area contributed by atoms with Gasteiger partial charge in [0.05, 0.1) is 5.56 Å². The van der Waals surface area contributed by atoms with E-state index in [0.29, 0.717) is 5.56 Å². The van der Waals surface area contributed by atoms with Gasteiger partial charge < -0.3 is 15.0 Å². The topological polar surface area (TPSA) is 58.6 Å². The molecule has 28 heavy (non-hydrogen) atoms. The van der Waals surface area contributed by atoms with E-state index >= 15 is 0 Å². The maximum atomic E-state index is 13.9. The second-order valence-electron chi connectivity index (χ2n) is 7.32. The fourth-order valence-corrected chi connectivity index (χ4v) is 2.52. The van der Waals surface area contributed by atoms with Crippen molar-refractivity contribution >= 4 is 11.9 Å². The van der Waals surface area contributed by atoms with Crippen molar-refractivity contribution < 1.29 is 31.9 Å². The predicted molar refractivity (Wildman–Crippen MR) is 96.4 cm³/mol. The Labute approximate surface area is 162 Å². The lowest BCUT2D eigenvalue weighted by Crippen LogP contribution is -2.45. The lowest BCUT2D eigenvalue weighted by atomic mass is 10.0. The SMILES string of the molecule is CN[C@@H](CC(C)(C)F)C(=O)O[C@H](Cc1ccc(C(F)(F)F)cc1)C(=O)N(C)C. The summed E-state index contributed by atoms with van der Waals surface area (Å²) in [6, 6.07) is 3.29. The molecule has 0 bridgehead atoms. The number of alkyl halides is 4. The number of amides is 1. The summed E-state index contributed by atoms with van der Waals surface area (Å²) in [5, 5.41) is 2.66. The Morgan fingerprint density at radius 3 is 2.04 bits per heavy atom. The molecule has 1 aromatic rings. The Morgan fingerprint density at radius 1 is 1.11 bits per heavy atom. The van der Waals surface area contributed by atoms with E-state index < -0.39 is 41.4 Å². The molecule has 0 aliphatic rings. The second kappa shape index (κ2) is 9.36. The third-order valence-corrected chi connectivity index (χ3v) is 4.00. The molecular weight excluding hydrogens is 380 g/mol. The van der Waals surface area contributed by atoms with Gasteiger partial charge in [-0.25, -0.2) is 4.39 Å². The summed E-state index contributed by atoms with van der Waals surface area (Å²) in [5.74, 6) is -1.33. The standard InChI is InChI=1S/C19H26F4N2O3/c1-18(2,20)11-14(24-3)17(27)28-15(16(26)25(4)5)10-12-6-8-13(9-7-12)19(21,22)23/h6-9,14-15,24H,10-11H2,1-5H3/t14-,15+/m0/s1. The number of rotatable bonds is 8. The van der Waals surface area contributed by atoms with Crippen molar-refractivity contribution in [2.24, 2.45) is 0 Å². The number of carbonyl (C=O) groups is 2. The lowest BCUT2D eigenvalue weighted by Gasteiger charge is -2.25. The van der Waals surface area contributed by atoms with Crippen molar-refractivity contribution in [1.29, 1.82) is 0 Å². The molecule has 0 aromatic heterocycles. The van der Waals surface area contributed by atoms with Gasteiger partial charge in [0.2, 0.25) is 0 Å². The average molecular weight is 406 g/mol. The molecule has 9 heteroatoms. The number of nitrogens with zero attached hydrogens (tertiary/aromatic N) is 1. The Bertz CT molecular complexity index is 667. The molecule has 5 nitrogen and oxygen atoms in total. The Morgan fingerprint density at radius 2 is 1.64 bits per heavy atom. The van der Waals surface area contributed by atoms with E-state index in [2.05, 4.69) is 5.32 Å². The maximum Gasteiger partial charge on any atom is 0.416 e. The molecule has 2 atom stereocenters. The summed E-state index contributed by atoms with van der Waals surface area (Å²) in [7, 11) is 4.41. The fraction of sp³-hybridized carbons (Fsp3) is 0.579. The third-order valence-electron chi connectivity index (χ3n) is 4.00. The van der Waals surface area contributed by atoms with Gasteiger partial charge in [0, 0.05) is 26.9 Å². The average Bonchev–Trinajstić information content (AvgIpc) is 2.57. The summed E-state index contributed by atoms with van der Waals surface area (Å²) < 4.78 is 57.2. The molecule has 0 saturated carbocycles. The largest absolute Gasteiger partial charge is 0.451 e. The van der Waals surface area contributed by atoms with E-state index in [-0.39, 0.29) is 12.8 Å². The van der Waals surface area contributed by atoms with E-state index in [0.717, 1.165) is 12.1 Å². The Kier molecular flexibility index (Phi) is 7.98. The molecule has 158 valence electrons. The molecule has 0 aliphatic heterocycles. The number of hydrogen-bond acceptors (Lipinski definition) is 4. The van der Waals surface area contributed by atoms with Crippen LogP contribution in [-0.2, 0) is 26.9 Å². The number of nitrogens with one attached hydrogen (secondary N) is 1. The fourth-order valence-electron chi connectivity index (χ4n) is 2.52. The molecular formula is C19H26F4N2O3. The Hall–Kier alpha value is -2.16. The number of benzene rings is 1. The number of carbonyl (C=O) groups excluding carboxylic acids is 2. The first-order valence-electron chi connectivity index (χ1n) is 8.68. The van der Waals surface area contributed by atoms with E-state index in [9.17, 15) is 27.2 Å². The zero-order valence-electron chi connectivity index (χ0n) is 16.6. The molecule has 0 fully saturated rings. The monoisotopic (exact) mass is 406 g/mol. The van der Waals surface area contributed by atoms with Gasteiger partial charge in [0.15, 0.2) is 6.10 Å². The summed E-state index contributed by atoms with van der Waals surface area (Å²) in [4.78, 5) is 26.0. The number of ether oxygens (including phenoxy) is 1. The van der Waals surface area contributed by atoms with Gasteiger partial charge in [-0.3, -0.25) is 9.59 Å². The highest BCUT2D eigenvalue weighted by atomic mass is 19.4. The first-order valence-corrected chi connectivity index (χ1v) is 8.68. The summed E-state index contributed by atoms with van der Waals surface area (Å²) >= 11 is 0. The van der Waals surface area contributed by atoms with E-state index in [1.54, 1.807) is 0 Å². The molecule has 0 saturated heterocycles. The van der Waals surface area contributed by atoms with Crippen LogP contribution in [0.2, 0.25) is 0 Å². The first kappa shape index (κ1) is 23.9. The van der Waals surface area contributed by atoms with E-state index in [1.807, 2.05) is 0 Å². The van der Waals surface area contributed by atoms with Gasteiger partial charge in [0.1, 0.15) is 11.7 Å². The molecule has 0 spiro atoms. The molecule has 1 rings (SSSR count). The van der Waals surface area contributed by atoms with Gasteiger partial charge in [-0.1, -0.05) is 12.1 Å². The smallest absolute Gasteiger partial charge is 0.416 e. The summed E-state index contributed by atoms with van der Waals surface area (Å²) in [6.45, 7) is 2.63. The lowest BCUT2D eigenvalue weighted by molar-refractivity contribution is -0.161. The van der Waals surface area contributed by atoms with Gasteiger partial charge in [-0.2, -0.15) is 13.2 Å². The van der Waals surface area contributed by atoms with Crippen LogP contribution in [0.25, 0.3) is 0 Å². The quantitative estimate of drug-likeness (QED) is 0.533. The van der Waals surface area contributed by atoms with Crippen LogP contribution < -0.4 is 5.32 Å². The van der Waals surface area contributed by atoms with E-state index in [1.165, 1.54) is 52.0 Å². The van der Waals surface area contributed by atoms with Gasteiger partial charge in [0.25, 0.3) is 5.91 Å². The molecule has 0 radical (unpaired) electrons. The van der Waals surface area contributed by atoms with Crippen molar-refractivity contribution in [2.75, 3.05) is 21.1 Å². The second-order valence-corrected chi connectivity index (χ2v) is 7.32. The van der Waals surface area contributed by atoms with Crippen LogP contribution in [-0.4, -0.2) is 55.7 Å².